The van der Waals surface area contributed by atoms with Crippen LogP contribution >= 0.6 is 11.6 Å². The number of nitrogens with zero attached hydrogens (tertiary/aromatic N) is 3. The smallest absolute Gasteiger partial charge is 0.192 e. The Labute approximate surface area is 126 Å². The molecular formula is C13H21ClN4OSi. The van der Waals surface area contributed by atoms with Crippen molar-refractivity contribution >= 4 is 25.7 Å². The van der Waals surface area contributed by atoms with Crippen LogP contribution in [0.1, 0.15) is 26.5 Å². The fraction of sp³-hybridized carbons (Fsp3) is 0.615. The Kier molecular flexibility index (Phi) is 5.51. The van der Waals surface area contributed by atoms with Crippen LogP contribution in [-0.4, -0.2) is 31.4 Å². The van der Waals surface area contributed by atoms with Gasteiger partial charge in [-0.15, -0.1) is 0 Å². The molecule has 0 aliphatic rings. The predicted octanol–water partition coefficient (Wildman–Crippen LogP) is 3.44. The summed E-state index contributed by atoms with van der Waals surface area (Å²) in [5.41, 5.74) is 0.134. The van der Waals surface area contributed by atoms with Crippen molar-refractivity contribution in [2.75, 3.05) is 18.5 Å². The summed E-state index contributed by atoms with van der Waals surface area (Å²) in [7, 11) is -1.71. The van der Waals surface area contributed by atoms with E-state index >= 15 is 0 Å². The Bertz CT molecular complexity index is 508. The molecule has 0 fully saturated rings. The van der Waals surface area contributed by atoms with Gasteiger partial charge in [0, 0.05) is 6.54 Å². The van der Waals surface area contributed by atoms with Crippen molar-refractivity contribution in [3.8, 4) is 6.07 Å². The van der Waals surface area contributed by atoms with E-state index in [-0.39, 0.29) is 15.9 Å². The highest BCUT2D eigenvalue weighted by molar-refractivity contribution is 6.74. The van der Waals surface area contributed by atoms with Crippen molar-refractivity contribution < 1.29 is 4.43 Å². The number of hydrogen-bond donors (Lipinski definition) is 1. The molecule has 0 aliphatic carbocycles. The van der Waals surface area contributed by atoms with Crippen LogP contribution in [0.25, 0.3) is 0 Å². The lowest BCUT2D eigenvalue weighted by Gasteiger charge is -2.36. The molecule has 1 heterocycles. The van der Waals surface area contributed by atoms with Gasteiger partial charge in [0.15, 0.2) is 19.2 Å². The molecule has 1 aromatic heterocycles. The Morgan fingerprint density at radius 2 is 2.10 bits per heavy atom. The van der Waals surface area contributed by atoms with E-state index in [1.54, 1.807) is 0 Å². The average molecular weight is 313 g/mol. The van der Waals surface area contributed by atoms with E-state index < -0.39 is 8.32 Å². The van der Waals surface area contributed by atoms with Crippen LogP contribution in [-0.2, 0) is 4.43 Å². The van der Waals surface area contributed by atoms with Gasteiger partial charge < -0.3 is 9.74 Å². The summed E-state index contributed by atoms with van der Waals surface area (Å²) in [6.07, 6.45) is 1.50. The van der Waals surface area contributed by atoms with Gasteiger partial charge in [-0.25, -0.2) is 9.97 Å². The van der Waals surface area contributed by atoms with E-state index in [4.69, 9.17) is 21.3 Å². The zero-order chi connectivity index (χ0) is 15.4. The molecule has 0 bridgehead atoms. The summed E-state index contributed by atoms with van der Waals surface area (Å²) in [5.74, 6) is 0.549. The number of aromatic nitrogens is 2. The Hall–Kier alpha value is -1.16. The molecule has 7 heteroatoms. The van der Waals surface area contributed by atoms with E-state index in [9.17, 15) is 0 Å². The molecule has 0 radical (unpaired) electrons. The Morgan fingerprint density at radius 1 is 1.45 bits per heavy atom. The molecule has 0 saturated carbocycles. The van der Waals surface area contributed by atoms with Crippen LogP contribution in [0.5, 0.6) is 0 Å². The molecular weight excluding hydrogens is 292 g/mol. The van der Waals surface area contributed by atoms with Crippen LogP contribution in [0.3, 0.4) is 0 Å². The monoisotopic (exact) mass is 312 g/mol. The third-order valence-electron chi connectivity index (χ3n) is 3.51. The SMILES string of the molecule is CC(C)(C)[Si](C)(C)OCCNc1cnc(C#N)c(Cl)n1. The molecule has 0 unspecified atom stereocenters. The van der Waals surface area contributed by atoms with E-state index in [2.05, 4.69) is 49.1 Å². The van der Waals surface area contributed by atoms with Gasteiger partial charge in [-0.3, -0.25) is 0 Å². The third-order valence-corrected chi connectivity index (χ3v) is 8.31. The normalized spacial score (nSPS) is 12.1. The van der Waals surface area contributed by atoms with Gasteiger partial charge in [-0.2, -0.15) is 5.26 Å². The summed E-state index contributed by atoms with van der Waals surface area (Å²) in [6, 6.07) is 1.87. The fourth-order valence-corrected chi connectivity index (χ4v) is 2.46. The van der Waals surface area contributed by atoms with Gasteiger partial charge >= 0.3 is 0 Å². The lowest BCUT2D eigenvalue weighted by atomic mass is 10.2. The van der Waals surface area contributed by atoms with Crippen molar-refractivity contribution in [1.29, 1.82) is 5.26 Å². The number of hydrogen-bond acceptors (Lipinski definition) is 5. The first-order chi connectivity index (χ1) is 9.17. The van der Waals surface area contributed by atoms with Gasteiger partial charge in [0.1, 0.15) is 11.9 Å². The van der Waals surface area contributed by atoms with E-state index in [1.807, 2.05) is 6.07 Å². The number of nitrogens with one attached hydrogen (secondary N) is 1. The molecule has 1 aromatic rings. The van der Waals surface area contributed by atoms with Crippen molar-refractivity contribution in [2.24, 2.45) is 0 Å². The van der Waals surface area contributed by atoms with Crippen LogP contribution in [0, 0.1) is 11.3 Å². The van der Waals surface area contributed by atoms with Crippen molar-refractivity contribution in [3.05, 3.63) is 17.0 Å². The van der Waals surface area contributed by atoms with Gasteiger partial charge in [0.05, 0.1) is 12.8 Å². The molecule has 0 spiro atoms. The fourth-order valence-electron chi connectivity index (χ4n) is 1.23. The maximum absolute atomic E-state index is 8.72. The van der Waals surface area contributed by atoms with Crippen LogP contribution in [0.2, 0.25) is 23.3 Å². The zero-order valence-corrected chi connectivity index (χ0v) is 14.4. The second kappa shape index (κ2) is 6.53. The molecule has 1 rings (SSSR count). The minimum Gasteiger partial charge on any atom is -0.415 e. The summed E-state index contributed by atoms with van der Waals surface area (Å²) in [6.45, 7) is 12.3. The lowest BCUT2D eigenvalue weighted by Crippen LogP contribution is -2.41. The molecule has 0 amide bonds. The second-order valence-corrected chi connectivity index (χ2v) is 11.2. The quantitative estimate of drug-likeness (QED) is 0.666. The first kappa shape index (κ1) is 16.9. The molecule has 20 heavy (non-hydrogen) atoms. The number of rotatable bonds is 5. The molecule has 0 aromatic carbocycles. The highest BCUT2D eigenvalue weighted by Crippen LogP contribution is 2.36. The third kappa shape index (κ3) is 4.44. The topological polar surface area (TPSA) is 70.8 Å². The standard InChI is InChI=1S/C13H21ClN4OSi/c1-13(2,3)20(4,5)19-7-6-16-11-9-17-10(8-15)12(14)18-11/h9H,6-7H2,1-5H3,(H,16,18). The van der Waals surface area contributed by atoms with Gasteiger partial charge in [0.25, 0.3) is 0 Å². The largest absolute Gasteiger partial charge is 0.415 e. The summed E-state index contributed by atoms with van der Waals surface area (Å²) in [5, 5.41) is 12.1. The van der Waals surface area contributed by atoms with E-state index in [0.29, 0.717) is 19.0 Å². The van der Waals surface area contributed by atoms with Gasteiger partial charge in [0.2, 0.25) is 0 Å². The summed E-state index contributed by atoms with van der Waals surface area (Å²) in [4.78, 5) is 7.97. The summed E-state index contributed by atoms with van der Waals surface area (Å²) < 4.78 is 6.03. The van der Waals surface area contributed by atoms with Crippen LogP contribution < -0.4 is 5.32 Å². The Morgan fingerprint density at radius 3 is 2.60 bits per heavy atom. The first-order valence-corrected chi connectivity index (χ1v) is 9.76. The predicted molar refractivity (Wildman–Crippen MR) is 83.4 cm³/mol. The highest BCUT2D eigenvalue weighted by Gasteiger charge is 2.36. The van der Waals surface area contributed by atoms with Crippen molar-refractivity contribution in [2.45, 2.75) is 38.9 Å². The van der Waals surface area contributed by atoms with Crippen molar-refractivity contribution in [3.63, 3.8) is 0 Å². The maximum atomic E-state index is 8.72. The summed E-state index contributed by atoms with van der Waals surface area (Å²) >= 11 is 5.81. The first-order valence-electron chi connectivity index (χ1n) is 6.48. The minimum absolute atomic E-state index is 0.114. The number of halogens is 1. The van der Waals surface area contributed by atoms with E-state index in [0.717, 1.165) is 0 Å². The highest BCUT2D eigenvalue weighted by atomic mass is 35.5. The zero-order valence-electron chi connectivity index (χ0n) is 12.6. The van der Waals surface area contributed by atoms with Gasteiger partial charge in [-0.1, -0.05) is 32.4 Å². The van der Waals surface area contributed by atoms with Crippen molar-refractivity contribution in [1.82, 2.24) is 9.97 Å². The number of anilines is 1. The van der Waals surface area contributed by atoms with Crippen LogP contribution in [0.15, 0.2) is 6.20 Å². The molecule has 0 aliphatic heterocycles. The van der Waals surface area contributed by atoms with E-state index in [1.165, 1.54) is 6.20 Å². The molecule has 110 valence electrons. The average Bonchev–Trinajstić information content (AvgIpc) is 2.33. The van der Waals surface area contributed by atoms with Gasteiger partial charge in [-0.05, 0) is 18.1 Å². The second-order valence-electron chi connectivity index (χ2n) is 6.04. The lowest BCUT2D eigenvalue weighted by molar-refractivity contribution is 0.301. The Balaban J connectivity index is 2.46. The maximum Gasteiger partial charge on any atom is 0.192 e. The van der Waals surface area contributed by atoms with Crippen LogP contribution in [0.4, 0.5) is 5.82 Å². The number of nitriles is 1. The molecule has 5 nitrogen and oxygen atoms in total. The minimum atomic E-state index is -1.71. The molecule has 0 atom stereocenters. The molecule has 1 N–H and O–H groups in total. The molecule has 0 saturated heterocycles.